The van der Waals surface area contributed by atoms with Crippen LogP contribution in [-0.2, 0) is 13.0 Å². The molecular weight excluding hydrogens is 352 g/mol. The van der Waals surface area contributed by atoms with E-state index < -0.39 is 0 Å². The zero-order valence-corrected chi connectivity index (χ0v) is 15.9. The fraction of sp³-hybridized carbons (Fsp3) is 0.182. The molecule has 0 fully saturated rings. The average Bonchev–Trinajstić information content (AvgIpc) is 2.74. The number of carbonyl (C=O) groups is 2. The van der Waals surface area contributed by atoms with Gasteiger partial charge in [0.25, 0.3) is 11.8 Å². The number of aryl methyl sites for hydroxylation is 2. The smallest absolute Gasteiger partial charge is 0.270 e. The number of aromatic nitrogens is 2. The summed E-state index contributed by atoms with van der Waals surface area (Å²) in [5, 5.41) is 5.75. The van der Waals surface area contributed by atoms with Gasteiger partial charge in [-0.15, -0.1) is 0 Å². The number of nitrogens with zero attached hydrogens (tertiary/aromatic N) is 2. The molecule has 1 aromatic carbocycles. The van der Waals surface area contributed by atoms with Gasteiger partial charge >= 0.3 is 0 Å². The van der Waals surface area contributed by atoms with Crippen LogP contribution < -0.4 is 10.6 Å². The first-order chi connectivity index (χ1) is 13.6. The van der Waals surface area contributed by atoms with E-state index in [0.717, 1.165) is 28.8 Å². The summed E-state index contributed by atoms with van der Waals surface area (Å²) in [6.45, 7) is 4.34. The van der Waals surface area contributed by atoms with Crippen LogP contribution in [-0.4, -0.2) is 21.8 Å². The molecule has 2 amide bonds. The number of benzene rings is 1. The summed E-state index contributed by atoms with van der Waals surface area (Å²) < 4.78 is 0. The van der Waals surface area contributed by atoms with Gasteiger partial charge in [-0.2, -0.15) is 0 Å². The average molecular weight is 374 g/mol. The summed E-state index contributed by atoms with van der Waals surface area (Å²) in [5.74, 6) is -0.614. The van der Waals surface area contributed by atoms with Gasteiger partial charge in [-0.3, -0.25) is 19.6 Å². The van der Waals surface area contributed by atoms with E-state index in [1.165, 1.54) is 12.3 Å². The van der Waals surface area contributed by atoms with Crippen molar-refractivity contribution in [1.29, 1.82) is 0 Å². The number of rotatable bonds is 6. The Kier molecular flexibility index (Phi) is 6.11. The van der Waals surface area contributed by atoms with Gasteiger partial charge in [0.05, 0.1) is 0 Å². The van der Waals surface area contributed by atoms with Crippen molar-refractivity contribution in [2.24, 2.45) is 0 Å². The Morgan fingerprint density at radius 1 is 1.04 bits per heavy atom. The Morgan fingerprint density at radius 2 is 1.89 bits per heavy atom. The monoisotopic (exact) mass is 374 g/mol. The molecule has 6 heteroatoms. The molecule has 2 heterocycles. The third-order valence-electron chi connectivity index (χ3n) is 4.41. The summed E-state index contributed by atoms with van der Waals surface area (Å²) in [7, 11) is 0. The molecule has 0 aliphatic carbocycles. The van der Waals surface area contributed by atoms with Gasteiger partial charge in [0.2, 0.25) is 0 Å². The molecule has 0 aliphatic rings. The molecule has 0 radical (unpaired) electrons. The number of nitrogens with one attached hydrogen (secondary N) is 2. The molecule has 142 valence electrons. The number of anilines is 1. The molecule has 28 heavy (non-hydrogen) atoms. The molecule has 0 unspecified atom stereocenters. The van der Waals surface area contributed by atoms with Crippen LogP contribution in [0.4, 0.5) is 5.69 Å². The highest BCUT2D eigenvalue weighted by Crippen LogP contribution is 2.22. The van der Waals surface area contributed by atoms with Gasteiger partial charge in [-0.05, 0) is 48.2 Å². The van der Waals surface area contributed by atoms with E-state index in [1.807, 2.05) is 38.1 Å². The maximum absolute atomic E-state index is 12.7. The van der Waals surface area contributed by atoms with Gasteiger partial charge in [0.15, 0.2) is 0 Å². The number of hydrogen-bond acceptors (Lipinski definition) is 4. The molecule has 0 atom stereocenters. The fourth-order valence-electron chi connectivity index (χ4n) is 2.86. The van der Waals surface area contributed by atoms with Crippen molar-refractivity contribution in [3.05, 3.63) is 89.0 Å². The lowest BCUT2D eigenvalue weighted by Crippen LogP contribution is -2.24. The van der Waals surface area contributed by atoms with Crippen molar-refractivity contribution in [3.63, 3.8) is 0 Å². The first kappa shape index (κ1) is 19.2. The second kappa shape index (κ2) is 8.90. The molecule has 0 bridgehead atoms. The minimum absolute atomic E-state index is 0.192. The topological polar surface area (TPSA) is 84.0 Å². The Morgan fingerprint density at radius 3 is 2.64 bits per heavy atom. The predicted octanol–water partition coefficient (Wildman–Crippen LogP) is 3.53. The molecule has 2 aromatic heterocycles. The van der Waals surface area contributed by atoms with E-state index in [1.54, 1.807) is 24.5 Å². The molecular formula is C22H22N4O2. The molecule has 0 aliphatic heterocycles. The Hall–Kier alpha value is -3.54. The number of para-hydroxylation sites is 1. The first-order valence-corrected chi connectivity index (χ1v) is 9.11. The second-order valence-electron chi connectivity index (χ2n) is 6.39. The highest BCUT2D eigenvalue weighted by atomic mass is 16.2. The van der Waals surface area contributed by atoms with Gasteiger partial charge < -0.3 is 10.6 Å². The second-order valence-corrected chi connectivity index (χ2v) is 6.39. The highest BCUT2D eigenvalue weighted by molar-refractivity contribution is 6.06. The predicted molar refractivity (Wildman–Crippen MR) is 108 cm³/mol. The van der Waals surface area contributed by atoms with E-state index in [9.17, 15) is 9.59 Å². The molecule has 6 nitrogen and oxygen atoms in total. The van der Waals surface area contributed by atoms with Crippen LogP contribution in [0.3, 0.4) is 0 Å². The van der Waals surface area contributed by atoms with E-state index in [2.05, 4.69) is 20.6 Å². The molecule has 0 spiro atoms. The lowest BCUT2D eigenvalue weighted by molar-refractivity contribution is 0.0946. The minimum Gasteiger partial charge on any atom is -0.347 e. The molecule has 3 rings (SSSR count). The lowest BCUT2D eigenvalue weighted by atomic mass is 10.1. The van der Waals surface area contributed by atoms with E-state index >= 15 is 0 Å². The van der Waals surface area contributed by atoms with E-state index in [4.69, 9.17) is 0 Å². The summed E-state index contributed by atoms with van der Waals surface area (Å²) >= 11 is 0. The van der Waals surface area contributed by atoms with Gasteiger partial charge in [-0.25, -0.2) is 0 Å². The number of hydrogen-bond donors (Lipinski definition) is 2. The van der Waals surface area contributed by atoms with Crippen molar-refractivity contribution in [3.8, 4) is 0 Å². The minimum atomic E-state index is -0.344. The van der Waals surface area contributed by atoms with E-state index in [-0.39, 0.29) is 17.5 Å². The standard InChI is InChI=1S/C22H22N4O2/c1-3-17-8-4-6-15(2)20(17)26-21(27)18-9-11-24-19(12-18)22(28)25-14-16-7-5-10-23-13-16/h4-13H,3,14H2,1-2H3,(H,25,28)(H,26,27). The first-order valence-electron chi connectivity index (χ1n) is 9.11. The zero-order valence-electron chi connectivity index (χ0n) is 15.9. The van der Waals surface area contributed by atoms with Crippen LogP contribution in [0, 0.1) is 6.92 Å². The number of carbonyl (C=O) groups excluding carboxylic acids is 2. The number of amides is 2. The van der Waals surface area contributed by atoms with Crippen LogP contribution in [0.5, 0.6) is 0 Å². The SMILES string of the molecule is CCc1cccc(C)c1NC(=O)c1ccnc(C(=O)NCc2cccnc2)c1. The summed E-state index contributed by atoms with van der Waals surface area (Å²) in [4.78, 5) is 33.2. The Balaban J connectivity index is 1.72. The van der Waals surface area contributed by atoms with Crippen molar-refractivity contribution >= 4 is 17.5 Å². The van der Waals surface area contributed by atoms with Gasteiger partial charge in [0.1, 0.15) is 5.69 Å². The van der Waals surface area contributed by atoms with Crippen LogP contribution in [0.15, 0.2) is 61.1 Å². The summed E-state index contributed by atoms with van der Waals surface area (Å²) in [6.07, 6.45) is 5.64. The van der Waals surface area contributed by atoms with Crippen LogP contribution in [0.1, 0.15) is 44.5 Å². The zero-order chi connectivity index (χ0) is 19.9. The fourth-order valence-corrected chi connectivity index (χ4v) is 2.86. The van der Waals surface area contributed by atoms with Crippen LogP contribution in [0.25, 0.3) is 0 Å². The quantitative estimate of drug-likeness (QED) is 0.691. The van der Waals surface area contributed by atoms with Crippen molar-refractivity contribution in [2.45, 2.75) is 26.8 Å². The lowest BCUT2D eigenvalue weighted by Gasteiger charge is -2.13. The summed E-state index contributed by atoms with van der Waals surface area (Å²) in [5.41, 5.74) is 4.34. The van der Waals surface area contributed by atoms with Crippen molar-refractivity contribution in [2.75, 3.05) is 5.32 Å². The van der Waals surface area contributed by atoms with Crippen molar-refractivity contribution < 1.29 is 9.59 Å². The molecule has 0 saturated heterocycles. The highest BCUT2D eigenvalue weighted by Gasteiger charge is 2.14. The Labute approximate surface area is 164 Å². The Bertz CT molecular complexity index is 987. The van der Waals surface area contributed by atoms with Gasteiger partial charge in [0, 0.05) is 36.4 Å². The molecule has 2 N–H and O–H groups in total. The largest absolute Gasteiger partial charge is 0.347 e. The number of pyridine rings is 2. The summed E-state index contributed by atoms with van der Waals surface area (Å²) in [6, 6.07) is 12.7. The van der Waals surface area contributed by atoms with E-state index in [0.29, 0.717) is 12.1 Å². The normalized spacial score (nSPS) is 10.4. The molecule has 0 saturated carbocycles. The third kappa shape index (κ3) is 4.59. The maximum atomic E-state index is 12.7. The molecule has 3 aromatic rings. The van der Waals surface area contributed by atoms with Crippen LogP contribution in [0.2, 0.25) is 0 Å². The third-order valence-corrected chi connectivity index (χ3v) is 4.41. The van der Waals surface area contributed by atoms with Crippen LogP contribution >= 0.6 is 0 Å². The van der Waals surface area contributed by atoms with Gasteiger partial charge in [-0.1, -0.05) is 31.2 Å². The maximum Gasteiger partial charge on any atom is 0.270 e. The van der Waals surface area contributed by atoms with Crippen molar-refractivity contribution in [1.82, 2.24) is 15.3 Å².